The molecular formula is C23H24N2O5S. The van der Waals surface area contributed by atoms with Crippen LogP contribution in [0.2, 0.25) is 0 Å². The summed E-state index contributed by atoms with van der Waals surface area (Å²) in [5.74, 6) is -0.540. The number of Topliss-reactive ketones (excluding diaryl/α,β-unsaturated/α-hetero) is 1. The number of hydrogen-bond acceptors (Lipinski definition) is 7. The zero-order valence-corrected chi connectivity index (χ0v) is 18.7. The number of methoxy groups -OCH3 is 1. The van der Waals surface area contributed by atoms with Crippen LogP contribution < -0.4 is 5.56 Å². The Morgan fingerprint density at radius 2 is 1.84 bits per heavy atom. The van der Waals surface area contributed by atoms with E-state index in [0.717, 1.165) is 22.9 Å². The lowest BCUT2D eigenvalue weighted by Gasteiger charge is -2.14. The van der Waals surface area contributed by atoms with Gasteiger partial charge in [-0.15, -0.1) is 0 Å². The van der Waals surface area contributed by atoms with Crippen molar-refractivity contribution in [2.45, 2.75) is 38.6 Å². The molecule has 0 saturated heterocycles. The highest BCUT2D eigenvalue weighted by molar-refractivity contribution is 7.99. The number of nitrogens with zero attached hydrogens (tertiary/aromatic N) is 2. The van der Waals surface area contributed by atoms with E-state index < -0.39 is 12.1 Å². The summed E-state index contributed by atoms with van der Waals surface area (Å²) in [6.45, 7) is 5.55. The molecule has 0 fully saturated rings. The summed E-state index contributed by atoms with van der Waals surface area (Å²) in [5, 5.41) is 10.5. The number of ether oxygens (including phenoxy) is 1. The van der Waals surface area contributed by atoms with Gasteiger partial charge in [-0.1, -0.05) is 23.9 Å². The highest BCUT2D eigenvalue weighted by Crippen LogP contribution is 2.21. The van der Waals surface area contributed by atoms with Crippen LogP contribution in [0.25, 0.3) is 10.9 Å². The van der Waals surface area contributed by atoms with Crippen molar-refractivity contribution in [1.29, 1.82) is 0 Å². The number of aliphatic hydroxyl groups excluding tert-OH is 1. The Labute approximate surface area is 184 Å². The third-order valence-corrected chi connectivity index (χ3v) is 5.93. The van der Waals surface area contributed by atoms with Crippen molar-refractivity contribution < 1.29 is 19.4 Å². The smallest absolute Gasteiger partial charge is 0.337 e. The standard InChI is InChI=1S/C23H24N2O5S/c1-13-5-6-16(9-14(13)2)20(27)12-31-23-24-19-10-17(22(29)30-4)7-8-18(19)21(28)25(23)11-15(3)26/h5-10,15,26H,11-12H2,1-4H3/t15-/m1/s1. The van der Waals surface area contributed by atoms with Crippen LogP contribution in [0.5, 0.6) is 0 Å². The van der Waals surface area contributed by atoms with Crippen LogP contribution in [0.15, 0.2) is 46.3 Å². The van der Waals surface area contributed by atoms with E-state index in [1.807, 2.05) is 26.0 Å². The summed E-state index contributed by atoms with van der Waals surface area (Å²) < 4.78 is 6.10. The van der Waals surface area contributed by atoms with Crippen LogP contribution in [0.3, 0.4) is 0 Å². The van der Waals surface area contributed by atoms with Crippen molar-refractivity contribution in [2.75, 3.05) is 12.9 Å². The van der Waals surface area contributed by atoms with E-state index in [1.54, 1.807) is 13.0 Å². The van der Waals surface area contributed by atoms with Gasteiger partial charge in [-0.25, -0.2) is 9.78 Å². The molecule has 8 heteroatoms. The van der Waals surface area contributed by atoms with Crippen molar-refractivity contribution in [3.8, 4) is 0 Å². The summed E-state index contributed by atoms with van der Waals surface area (Å²) in [5.41, 5.74) is 2.99. The van der Waals surface area contributed by atoms with E-state index in [9.17, 15) is 19.5 Å². The van der Waals surface area contributed by atoms with E-state index in [4.69, 9.17) is 4.74 Å². The summed E-state index contributed by atoms with van der Waals surface area (Å²) >= 11 is 1.13. The molecule has 0 unspecified atom stereocenters. The minimum Gasteiger partial charge on any atom is -0.465 e. The molecule has 0 spiro atoms. The fourth-order valence-corrected chi connectivity index (χ4v) is 4.01. The predicted octanol–water partition coefficient (Wildman–Crippen LogP) is 3.16. The van der Waals surface area contributed by atoms with Gasteiger partial charge in [-0.2, -0.15) is 0 Å². The first-order valence-corrected chi connectivity index (χ1v) is 10.7. The number of aromatic nitrogens is 2. The SMILES string of the molecule is COC(=O)c1ccc2c(=O)n(C[C@@H](C)O)c(SCC(=O)c3ccc(C)c(C)c3)nc2c1. The second kappa shape index (κ2) is 9.45. The summed E-state index contributed by atoms with van der Waals surface area (Å²) in [4.78, 5) is 42.1. The molecule has 162 valence electrons. The van der Waals surface area contributed by atoms with Gasteiger partial charge in [0.25, 0.3) is 5.56 Å². The Kier molecular flexibility index (Phi) is 6.92. The first-order valence-electron chi connectivity index (χ1n) is 9.75. The number of aliphatic hydroxyl groups is 1. The Hall–Kier alpha value is -2.97. The van der Waals surface area contributed by atoms with Gasteiger partial charge in [-0.3, -0.25) is 14.2 Å². The Morgan fingerprint density at radius 3 is 2.48 bits per heavy atom. The maximum Gasteiger partial charge on any atom is 0.337 e. The number of rotatable bonds is 7. The molecule has 7 nitrogen and oxygen atoms in total. The third-order valence-electron chi connectivity index (χ3n) is 4.95. The van der Waals surface area contributed by atoms with Gasteiger partial charge in [0.15, 0.2) is 10.9 Å². The third kappa shape index (κ3) is 5.03. The first-order chi connectivity index (χ1) is 14.7. The first kappa shape index (κ1) is 22.7. The number of esters is 1. The molecule has 1 atom stereocenters. The van der Waals surface area contributed by atoms with E-state index in [1.165, 1.54) is 29.9 Å². The van der Waals surface area contributed by atoms with Gasteiger partial charge in [0.2, 0.25) is 0 Å². The van der Waals surface area contributed by atoms with Crippen molar-refractivity contribution >= 4 is 34.4 Å². The molecule has 3 aromatic rings. The lowest BCUT2D eigenvalue weighted by molar-refractivity contribution is 0.0600. The van der Waals surface area contributed by atoms with Gasteiger partial charge in [-0.05, 0) is 56.2 Å². The average molecular weight is 441 g/mol. The fourth-order valence-electron chi connectivity index (χ4n) is 3.11. The van der Waals surface area contributed by atoms with Gasteiger partial charge < -0.3 is 9.84 Å². The molecule has 1 aromatic heterocycles. The van der Waals surface area contributed by atoms with E-state index in [2.05, 4.69) is 4.98 Å². The number of fused-ring (bicyclic) bond motifs is 1. The Bertz CT molecular complexity index is 1220. The van der Waals surface area contributed by atoms with Crippen LogP contribution in [0.4, 0.5) is 0 Å². The largest absolute Gasteiger partial charge is 0.465 e. The van der Waals surface area contributed by atoms with Gasteiger partial charge in [0, 0.05) is 5.56 Å². The fraction of sp³-hybridized carbons (Fsp3) is 0.304. The molecule has 2 aromatic carbocycles. The van der Waals surface area contributed by atoms with E-state index >= 15 is 0 Å². The highest BCUT2D eigenvalue weighted by Gasteiger charge is 2.17. The molecule has 1 heterocycles. The van der Waals surface area contributed by atoms with Crippen LogP contribution >= 0.6 is 11.8 Å². The highest BCUT2D eigenvalue weighted by atomic mass is 32.2. The van der Waals surface area contributed by atoms with Gasteiger partial charge >= 0.3 is 5.97 Å². The zero-order valence-electron chi connectivity index (χ0n) is 17.8. The zero-order chi connectivity index (χ0) is 22.7. The minimum atomic E-state index is -0.777. The summed E-state index contributed by atoms with van der Waals surface area (Å²) in [6.07, 6.45) is -0.777. The van der Waals surface area contributed by atoms with E-state index in [0.29, 0.717) is 21.6 Å². The number of hydrogen-bond donors (Lipinski definition) is 1. The lowest BCUT2D eigenvalue weighted by atomic mass is 10.0. The Morgan fingerprint density at radius 1 is 1.13 bits per heavy atom. The average Bonchev–Trinajstić information content (AvgIpc) is 2.75. The molecule has 0 aliphatic heterocycles. The molecule has 31 heavy (non-hydrogen) atoms. The summed E-state index contributed by atoms with van der Waals surface area (Å²) in [7, 11) is 1.28. The second-order valence-corrected chi connectivity index (χ2v) is 8.34. The maximum atomic E-state index is 13.0. The number of thioether (sulfide) groups is 1. The number of carbonyl (C=O) groups is 2. The van der Waals surface area contributed by atoms with Crippen LogP contribution in [0.1, 0.15) is 38.8 Å². The molecular weight excluding hydrogens is 416 g/mol. The maximum absolute atomic E-state index is 13.0. The van der Waals surface area contributed by atoms with Crippen molar-refractivity contribution in [3.05, 3.63) is 69.0 Å². The van der Waals surface area contributed by atoms with Crippen LogP contribution in [-0.4, -0.2) is 45.4 Å². The topological polar surface area (TPSA) is 98.5 Å². The quantitative estimate of drug-likeness (QED) is 0.261. The van der Waals surface area contributed by atoms with Crippen molar-refractivity contribution in [1.82, 2.24) is 9.55 Å². The number of aryl methyl sites for hydroxylation is 2. The molecule has 0 amide bonds. The summed E-state index contributed by atoms with van der Waals surface area (Å²) in [6, 6.07) is 10.0. The molecule has 0 bridgehead atoms. The normalized spacial score (nSPS) is 12.0. The molecule has 0 aliphatic rings. The van der Waals surface area contributed by atoms with Gasteiger partial charge in [0.05, 0.1) is 42.0 Å². The minimum absolute atomic E-state index is 0.0424. The molecule has 0 aliphatic carbocycles. The Balaban J connectivity index is 1.99. The molecule has 0 saturated carbocycles. The monoisotopic (exact) mass is 440 g/mol. The number of benzene rings is 2. The van der Waals surface area contributed by atoms with Crippen molar-refractivity contribution in [3.63, 3.8) is 0 Å². The molecule has 1 N–H and O–H groups in total. The van der Waals surface area contributed by atoms with Crippen molar-refractivity contribution in [2.24, 2.45) is 0 Å². The van der Waals surface area contributed by atoms with Gasteiger partial charge in [0.1, 0.15) is 0 Å². The van der Waals surface area contributed by atoms with Crippen LogP contribution in [-0.2, 0) is 11.3 Å². The number of carbonyl (C=O) groups excluding carboxylic acids is 2. The number of ketones is 1. The second-order valence-electron chi connectivity index (χ2n) is 7.39. The molecule has 3 rings (SSSR count). The van der Waals surface area contributed by atoms with Crippen LogP contribution in [0, 0.1) is 13.8 Å². The predicted molar refractivity (Wildman–Crippen MR) is 120 cm³/mol. The lowest BCUT2D eigenvalue weighted by Crippen LogP contribution is -2.28. The van der Waals surface area contributed by atoms with E-state index in [-0.39, 0.29) is 29.2 Å². The molecule has 0 radical (unpaired) electrons.